The molecule has 0 spiro atoms. The molecule has 2 N–H and O–H groups in total. The SMILES string of the molecule is CC(O)c1ccccc1NCc1ccc(C#N)o1. The van der Waals surface area contributed by atoms with Gasteiger partial charge in [0.2, 0.25) is 5.76 Å². The van der Waals surface area contributed by atoms with Crippen LogP contribution < -0.4 is 5.32 Å². The summed E-state index contributed by atoms with van der Waals surface area (Å²) in [6.45, 7) is 2.20. The summed E-state index contributed by atoms with van der Waals surface area (Å²) in [6, 6.07) is 12.9. The number of nitrogens with zero attached hydrogens (tertiary/aromatic N) is 1. The number of aliphatic hydroxyl groups excluding tert-OH is 1. The van der Waals surface area contributed by atoms with Crippen LogP contribution in [0.1, 0.15) is 30.1 Å². The maximum Gasteiger partial charge on any atom is 0.203 e. The van der Waals surface area contributed by atoms with E-state index in [9.17, 15) is 5.11 Å². The van der Waals surface area contributed by atoms with Crippen LogP contribution in [-0.2, 0) is 6.54 Å². The van der Waals surface area contributed by atoms with E-state index in [-0.39, 0.29) is 0 Å². The first-order chi connectivity index (χ1) is 8.70. The lowest BCUT2D eigenvalue weighted by Crippen LogP contribution is -2.03. The molecule has 0 radical (unpaired) electrons. The van der Waals surface area contributed by atoms with Crippen LogP contribution in [-0.4, -0.2) is 5.11 Å². The molecule has 0 amide bonds. The topological polar surface area (TPSA) is 69.2 Å². The van der Waals surface area contributed by atoms with E-state index in [0.717, 1.165) is 11.3 Å². The molecule has 0 aliphatic carbocycles. The Hall–Kier alpha value is -2.25. The Kier molecular flexibility index (Phi) is 3.66. The first-order valence-electron chi connectivity index (χ1n) is 5.70. The quantitative estimate of drug-likeness (QED) is 0.865. The average Bonchev–Trinajstić information content (AvgIpc) is 2.84. The normalized spacial score (nSPS) is 11.8. The molecule has 92 valence electrons. The highest BCUT2D eigenvalue weighted by Gasteiger charge is 2.07. The molecule has 4 heteroatoms. The highest BCUT2D eigenvalue weighted by Crippen LogP contribution is 2.22. The van der Waals surface area contributed by atoms with Crippen LogP contribution in [0, 0.1) is 11.3 Å². The van der Waals surface area contributed by atoms with Crippen molar-refractivity contribution in [1.82, 2.24) is 0 Å². The van der Waals surface area contributed by atoms with Crippen molar-refractivity contribution in [3.8, 4) is 6.07 Å². The van der Waals surface area contributed by atoms with E-state index in [1.165, 1.54) is 0 Å². The molecular formula is C14H14N2O2. The minimum Gasteiger partial charge on any atom is -0.449 e. The fourth-order valence-electron chi connectivity index (χ4n) is 1.74. The van der Waals surface area contributed by atoms with E-state index in [1.807, 2.05) is 30.3 Å². The molecule has 1 aromatic heterocycles. The Morgan fingerprint density at radius 2 is 2.11 bits per heavy atom. The van der Waals surface area contributed by atoms with Gasteiger partial charge in [-0.3, -0.25) is 0 Å². The molecule has 0 saturated carbocycles. The summed E-state index contributed by atoms with van der Waals surface area (Å²) in [5.41, 5.74) is 1.70. The van der Waals surface area contributed by atoms with Gasteiger partial charge in [-0.05, 0) is 25.1 Å². The molecule has 1 heterocycles. The molecule has 2 rings (SSSR count). The second-order valence-corrected chi connectivity index (χ2v) is 3.99. The maximum atomic E-state index is 9.64. The summed E-state index contributed by atoms with van der Waals surface area (Å²) in [7, 11) is 0. The van der Waals surface area contributed by atoms with Crippen LogP contribution in [0.3, 0.4) is 0 Å². The van der Waals surface area contributed by atoms with Crippen LogP contribution in [0.5, 0.6) is 0 Å². The lowest BCUT2D eigenvalue weighted by Gasteiger charge is -2.12. The molecule has 1 atom stereocenters. The first kappa shape index (κ1) is 12.2. The monoisotopic (exact) mass is 242 g/mol. The van der Waals surface area contributed by atoms with Gasteiger partial charge in [-0.15, -0.1) is 0 Å². The number of aliphatic hydroxyl groups is 1. The fourth-order valence-corrected chi connectivity index (χ4v) is 1.74. The summed E-state index contributed by atoms with van der Waals surface area (Å²) in [5.74, 6) is 0.988. The van der Waals surface area contributed by atoms with Crippen LogP contribution in [0.25, 0.3) is 0 Å². The average molecular weight is 242 g/mol. The van der Waals surface area contributed by atoms with Crippen molar-refractivity contribution in [2.45, 2.75) is 19.6 Å². The molecule has 18 heavy (non-hydrogen) atoms. The number of rotatable bonds is 4. The summed E-state index contributed by atoms with van der Waals surface area (Å²) >= 11 is 0. The summed E-state index contributed by atoms with van der Waals surface area (Å²) in [5, 5.41) is 21.5. The van der Waals surface area contributed by atoms with E-state index in [0.29, 0.717) is 18.1 Å². The van der Waals surface area contributed by atoms with Crippen LogP contribution in [0.2, 0.25) is 0 Å². The lowest BCUT2D eigenvalue weighted by molar-refractivity contribution is 0.200. The molecule has 0 saturated heterocycles. The molecule has 0 aliphatic rings. The van der Waals surface area contributed by atoms with Gasteiger partial charge in [-0.1, -0.05) is 18.2 Å². The summed E-state index contributed by atoms with van der Waals surface area (Å²) < 4.78 is 5.27. The molecule has 2 aromatic rings. The molecule has 0 fully saturated rings. The van der Waals surface area contributed by atoms with Gasteiger partial charge in [-0.2, -0.15) is 5.26 Å². The predicted octanol–water partition coefficient (Wildman–Crippen LogP) is 2.82. The number of furan rings is 1. The van der Waals surface area contributed by atoms with E-state index in [1.54, 1.807) is 19.1 Å². The van der Waals surface area contributed by atoms with Gasteiger partial charge in [0.25, 0.3) is 0 Å². The predicted molar refractivity (Wildman–Crippen MR) is 67.8 cm³/mol. The standard InChI is InChI=1S/C14H14N2O2/c1-10(17)13-4-2-3-5-14(13)16-9-12-7-6-11(8-15)18-12/h2-7,10,16-17H,9H2,1H3. The second-order valence-electron chi connectivity index (χ2n) is 3.99. The van der Waals surface area contributed by atoms with Gasteiger partial charge in [0.1, 0.15) is 11.8 Å². The van der Waals surface area contributed by atoms with Gasteiger partial charge in [0.05, 0.1) is 12.6 Å². The Labute approximate surface area is 105 Å². The van der Waals surface area contributed by atoms with Crippen molar-refractivity contribution in [1.29, 1.82) is 5.26 Å². The number of benzene rings is 1. The van der Waals surface area contributed by atoms with Gasteiger partial charge < -0.3 is 14.8 Å². The fraction of sp³-hybridized carbons (Fsp3) is 0.214. The molecule has 1 aromatic carbocycles. The van der Waals surface area contributed by atoms with Crippen LogP contribution in [0.15, 0.2) is 40.8 Å². The maximum absolute atomic E-state index is 9.64. The third kappa shape index (κ3) is 2.70. The van der Waals surface area contributed by atoms with Gasteiger partial charge in [0, 0.05) is 11.3 Å². The van der Waals surface area contributed by atoms with Crippen molar-refractivity contribution >= 4 is 5.69 Å². The van der Waals surface area contributed by atoms with E-state index in [4.69, 9.17) is 9.68 Å². The van der Waals surface area contributed by atoms with E-state index < -0.39 is 6.10 Å². The largest absolute Gasteiger partial charge is 0.449 e. The van der Waals surface area contributed by atoms with Crippen LogP contribution in [0.4, 0.5) is 5.69 Å². The van der Waals surface area contributed by atoms with Crippen molar-refractivity contribution < 1.29 is 9.52 Å². The number of hydrogen-bond acceptors (Lipinski definition) is 4. The Bertz CT molecular complexity index is 567. The third-order valence-corrected chi connectivity index (χ3v) is 2.64. The molecular weight excluding hydrogens is 228 g/mol. The van der Waals surface area contributed by atoms with Gasteiger partial charge in [0.15, 0.2) is 0 Å². The number of anilines is 1. The zero-order chi connectivity index (χ0) is 13.0. The summed E-state index contributed by atoms with van der Waals surface area (Å²) in [6.07, 6.45) is -0.528. The second kappa shape index (κ2) is 5.39. The number of nitrogens with one attached hydrogen (secondary N) is 1. The molecule has 4 nitrogen and oxygen atoms in total. The van der Waals surface area contributed by atoms with Gasteiger partial charge in [-0.25, -0.2) is 0 Å². The Morgan fingerprint density at radius 1 is 1.33 bits per heavy atom. The molecule has 0 aliphatic heterocycles. The Morgan fingerprint density at radius 3 is 2.78 bits per heavy atom. The highest BCUT2D eigenvalue weighted by molar-refractivity contribution is 5.52. The number of para-hydroxylation sites is 1. The van der Waals surface area contributed by atoms with Gasteiger partial charge >= 0.3 is 0 Å². The Balaban J connectivity index is 2.08. The minimum absolute atomic E-state index is 0.301. The van der Waals surface area contributed by atoms with Crippen molar-refractivity contribution in [3.05, 3.63) is 53.5 Å². The lowest BCUT2D eigenvalue weighted by atomic mass is 10.1. The van der Waals surface area contributed by atoms with E-state index in [2.05, 4.69) is 5.32 Å². The number of hydrogen-bond donors (Lipinski definition) is 2. The molecule has 0 bridgehead atoms. The highest BCUT2D eigenvalue weighted by atomic mass is 16.3. The van der Waals surface area contributed by atoms with Crippen LogP contribution >= 0.6 is 0 Å². The van der Waals surface area contributed by atoms with Crippen molar-refractivity contribution in [2.75, 3.05) is 5.32 Å². The summed E-state index contributed by atoms with van der Waals surface area (Å²) in [4.78, 5) is 0. The zero-order valence-corrected chi connectivity index (χ0v) is 10.1. The minimum atomic E-state index is -0.528. The third-order valence-electron chi connectivity index (χ3n) is 2.64. The van der Waals surface area contributed by atoms with E-state index >= 15 is 0 Å². The number of nitriles is 1. The first-order valence-corrected chi connectivity index (χ1v) is 5.70. The molecule has 1 unspecified atom stereocenters. The smallest absolute Gasteiger partial charge is 0.203 e. The van der Waals surface area contributed by atoms with Crippen molar-refractivity contribution in [2.24, 2.45) is 0 Å². The van der Waals surface area contributed by atoms with Crippen molar-refractivity contribution in [3.63, 3.8) is 0 Å². The zero-order valence-electron chi connectivity index (χ0n) is 10.1.